The van der Waals surface area contributed by atoms with E-state index in [0.717, 1.165) is 37.1 Å². The lowest BCUT2D eigenvalue weighted by atomic mass is 9.94. The van der Waals surface area contributed by atoms with Crippen molar-refractivity contribution >= 4 is 5.91 Å². The molecule has 0 bridgehead atoms. The molecule has 2 heterocycles. The maximum Gasteiger partial charge on any atom is 0.255 e. The largest absolute Gasteiger partial charge is 0.332 e. The lowest BCUT2D eigenvalue weighted by Crippen LogP contribution is -2.38. The second-order valence-corrected chi connectivity index (χ2v) is 5.75. The standard InChI is InChI=1S/C18H19FN2O/c1-13-5-6-15(12-20-13)18(22)21-11-3-2-4-17(21)14-7-9-16(19)10-8-14/h5-10,12,17H,2-4,11H2,1H3. The molecule has 3 nitrogen and oxygen atoms in total. The number of hydrogen-bond acceptors (Lipinski definition) is 2. The van der Waals surface area contributed by atoms with Gasteiger partial charge in [0.25, 0.3) is 5.91 Å². The molecule has 114 valence electrons. The average Bonchev–Trinajstić information content (AvgIpc) is 2.56. The van der Waals surface area contributed by atoms with Crippen LogP contribution in [0.5, 0.6) is 0 Å². The highest BCUT2D eigenvalue weighted by Gasteiger charge is 2.28. The van der Waals surface area contributed by atoms with E-state index in [4.69, 9.17) is 0 Å². The number of amides is 1. The van der Waals surface area contributed by atoms with Crippen molar-refractivity contribution in [1.29, 1.82) is 0 Å². The molecule has 22 heavy (non-hydrogen) atoms. The van der Waals surface area contributed by atoms with Crippen molar-refractivity contribution in [3.63, 3.8) is 0 Å². The van der Waals surface area contributed by atoms with Crippen LogP contribution in [0.25, 0.3) is 0 Å². The van der Waals surface area contributed by atoms with Crippen LogP contribution >= 0.6 is 0 Å². The Morgan fingerprint density at radius 1 is 1.18 bits per heavy atom. The van der Waals surface area contributed by atoms with E-state index in [1.54, 1.807) is 18.3 Å². The minimum Gasteiger partial charge on any atom is -0.332 e. The van der Waals surface area contributed by atoms with Gasteiger partial charge < -0.3 is 4.90 Å². The summed E-state index contributed by atoms with van der Waals surface area (Å²) < 4.78 is 13.1. The first-order valence-electron chi connectivity index (χ1n) is 7.64. The van der Waals surface area contributed by atoms with E-state index in [9.17, 15) is 9.18 Å². The van der Waals surface area contributed by atoms with Crippen molar-refractivity contribution in [3.05, 3.63) is 65.2 Å². The van der Waals surface area contributed by atoms with E-state index < -0.39 is 0 Å². The Kier molecular flexibility index (Phi) is 4.18. The summed E-state index contributed by atoms with van der Waals surface area (Å²) in [5, 5.41) is 0. The van der Waals surface area contributed by atoms with E-state index in [-0.39, 0.29) is 17.8 Å². The fraction of sp³-hybridized carbons (Fsp3) is 0.333. The van der Waals surface area contributed by atoms with Gasteiger partial charge in [-0.3, -0.25) is 9.78 Å². The predicted octanol–water partition coefficient (Wildman–Crippen LogP) is 3.90. The molecule has 1 aromatic heterocycles. The molecule has 0 radical (unpaired) electrons. The van der Waals surface area contributed by atoms with Crippen LogP contribution in [0.4, 0.5) is 4.39 Å². The number of pyridine rings is 1. The van der Waals surface area contributed by atoms with Crippen molar-refractivity contribution in [2.75, 3.05) is 6.54 Å². The Bertz CT molecular complexity index is 652. The molecule has 1 unspecified atom stereocenters. The van der Waals surface area contributed by atoms with Crippen molar-refractivity contribution in [2.24, 2.45) is 0 Å². The van der Waals surface area contributed by atoms with Crippen molar-refractivity contribution < 1.29 is 9.18 Å². The van der Waals surface area contributed by atoms with Crippen molar-refractivity contribution in [1.82, 2.24) is 9.88 Å². The number of carbonyl (C=O) groups is 1. The third-order valence-electron chi connectivity index (χ3n) is 4.18. The highest BCUT2D eigenvalue weighted by atomic mass is 19.1. The first-order valence-corrected chi connectivity index (χ1v) is 7.64. The molecule has 1 fully saturated rings. The summed E-state index contributed by atoms with van der Waals surface area (Å²) >= 11 is 0. The van der Waals surface area contributed by atoms with Crippen LogP contribution in [-0.2, 0) is 0 Å². The van der Waals surface area contributed by atoms with Gasteiger partial charge in [0, 0.05) is 18.4 Å². The Morgan fingerprint density at radius 3 is 2.64 bits per heavy atom. The zero-order valence-electron chi connectivity index (χ0n) is 12.6. The number of piperidine rings is 1. The number of nitrogens with zero attached hydrogens (tertiary/aromatic N) is 2. The molecule has 3 rings (SSSR count). The summed E-state index contributed by atoms with van der Waals surface area (Å²) in [5.74, 6) is -0.248. The number of halogens is 1. The predicted molar refractivity (Wildman–Crippen MR) is 83.0 cm³/mol. The monoisotopic (exact) mass is 298 g/mol. The Morgan fingerprint density at radius 2 is 1.95 bits per heavy atom. The van der Waals surface area contributed by atoms with Gasteiger partial charge in [0.2, 0.25) is 0 Å². The highest BCUT2D eigenvalue weighted by Crippen LogP contribution is 2.32. The van der Waals surface area contributed by atoms with E-state index in [1.165, 1.54) is 12.1 Å². The zero-order valence-corrected chi connectivity index (χ0v) is 12.6. The molecule has 0 saturated carbocycles. The van der Waals surface area contributed by atoms with Crippen LogP contribution in [0.15, 0.2) is 42.6 Å². The third kappa shape index (κ3) is 3.01. The molecular weight excluding hydrogens is 279 g/mol. The van der Waals surface area contributed by atoms with E-state index in [0.29, 0.717) is 5.56 Å². The van der Waals surface area contributed by atoms with Gasteiger partial charge in [-0.2, -0.15) is 0 Å². The molecule has 0 spiro atoms. The molecule has 1 aromatic carbocycles. The minimum absolute atomic E-state index is 0.00141. The SMILES string of the molecule is Cc1ccc(C(=O)N2CCCCC2c2ccc(F)cc2)cn1. The normalized spacial score (nSPS) is 18.3. The van der Waals surface area contributed by atoms with Crippen LogP contribution in [0.1, 0.15) is 46.9 Å². The fourth-order valence-corrected chi connectivity index (χ4v) is 2.97. The summed E-state index contributed by atoms with van der Waals surface area (Å²) in [6.07, 6.45) is 4.63. The maximum atomic E-state index is 13.1. The molecule has 2 aromatic rings. The molecule has 1 aliphatic rings. The third-order valence-corrected chi connectivity index (χ3v) is 4.18. The minimum atomic E-state index is -0.250. The number of aryl methyl sites for hydroxylation is 1. The second-order valence-electron chi connectivity index (χ2n) is 5.75. The fourth-order valence-electron chi connectivity index (χ4n) is 2.97. The topological polar surface area (TPSA) is 33.2 Å². The summed E-state index contributed by atoms with van der Waals surface area (Å²) in [6.45, 7) is 2.63. The number of rotatable bonds is 2. The highest BCUT2D eigenvalue weighted by molar-refractivity contribution is 5.94. The first-order chi connectivity index (χ1) is 10.6. The van der Waals surface area contributed by atoms with Crippen LogP contribution in [-0.4, -0.2) is 22.3 Å². The summed E-state index contributed by atoms with van der Waals surface area (Å²) in [4.78, 5) is 18.9. The lowest BCUT2D eigenvalue weighted by molar-refractivity contribution is 0.0611. The van der Waals surface area contributed by atoms with Gasteiger partial charge in [0.1, 0.15) is 5.82 Å². The molecule has 0 N–H and O–H groups in total. The maximum absolute atomic E-state index is 13.1. The Labute approximate surface area is 129 Å². The van der Waals surface area contributed by atoms with Gasteiger partial charge in [-0.05, 0) is 56.0 Å². The summed E-state index contributed by atoms with van der Waals surface area (Å²) in [6, 6.07) is 10.2. The smallest absolute Gasteiger partial charge is 0.255 e. The molecule has 1 aliphatic heterocycles. The average molecular weight is 298 g/mol. The van der Waals surface area contributed by atoms with E-state index in [2.05, 4.69) is 4.98 Å². The summed E-state index contributed by atoms with van der Waals surface area (Å²) in [5.41, 5.74) is 2.50. The van der Waals surface area contributed by atoms with E-state index >= 15 is 0 Å². The number of aromatic nitrogens is 1. The molecule has 1 atom stereocenters. The first kappa shape index (κ1) is 14.7. The number of benzene rings is 1. The van der Waals surface area contributed by atoms with Gasteiger partial charge in [-0.1, -0.05) is 12.1 Å². The van der Waals surface area contributed by atoms with Gasteiger partial charge in [-0.15, -0.1) is 0 Å². The van der Waals surface area contributed by atoms with Crippen molar-refractivity contribution in [3.8, 4) is 0 Å². The molecular formula is C18H19FN2O. The van der Waals surface area contributed by atoms with Crippen LogP contribution in [0, 0.1) is 12.7 Å². The van der Waals surface area contributed by atoms with E-state index in [1.807, 2.05) is 24.0 Å². The van der Waals surface area contributed by atoms with Gasteiger partial charge >= 0.3 is 0 Å². The van der Waals surface area contributed by atoms with Gasteiger partial charge in [-0.25, -0.2) is 4.39 Å². The second kappa shape index (κ2) is 6.26. The van der Waals surface area contributed by atoms with Crippen LogP contribution in [0.2, 0.25) is 0 Å². The molecule has 4 heteroatoms. The van der Waals surface area contributed by atoms with Gasteiger partial charge in [0.15, 0.2) is 0 Å². The number of likely N-dealkylation sites (tertiary alicyclic amines) is 1. The lowest BCUT2D eigenvalue weighted by Gasteiger charge is -2.36. The molecule has 0 aliphatic carbocycles. The van der Waals surface area contributed by atoms with Crippen LogP contribution in [0.3, 0.4) is 0 Å². The van der Waals surface area contributed by atoms with Crippen molar-refractivity contribution in [2.45, 2.75) is 32.2 Å². The quantitative estimate of drug-likeness (QED) is 0.842. The molecule has 1 amide bonds. The number of carbonyl (C=O) groups excluding carboxylic acids is 1. The Hall–Kier alpha value is -2.23. The Balaban J connectivity index is 1.87. The van der Waals surface area contributed by atoms with Crippen LogP contribution < -0.4 is 0 Å². The number of hydrogen-bond donors (Lipinski definition) is 0. The van der Waals surface area contributed by atoms with Gasteiger partial charge in [0.05, 0.1) is 11.6 Å². The summed E-state index contributed by atoms with van der Waals surface area (Å²) in [7, 11) is 0. The molecule has 1 saturated heterocycles. The zero-order chi connectivity index (χ0) is 15.5.